The van der Waals surface area contributed by atoms with E-state index in [1.807, 2.05) is 0 Å². The Labute approximate surface area is 284 Å². The van der Waals surface area contributed by atoms with Gasteiger partial charge in [-0.05, 0) is 50.9 Å². The third-order valence-electron chi connectivity index (χ3n) is 9.91. The molecule has 1 aromatic carbocycles. The third-order valence-corrected chi connectivity index (χ3v) is 12.2. The first-order valence-corrected chi connectivity index (χ1v) is 19.6. The molecule has 0 spiro atoms. The van der Waals surface area contributed by atoms with Crippen LogP contribution >= 0.6 is 11.8 Å². The zero-order valence-electron chi connectivity index (χ0n) is 27.3. The SMILES string of the molecule is CS(=O)(=O)N1CCc2c(c(-c3ccc(C(F)(F)F)c(SCC(=O)N4CCCC4)c3)nn2CC(O)CN2CCC(N3CCOCC3)CC2)C1. The molecule has 11 nitrogen and oxygen atoms in total. The molecule has 16 heteroatoms. The monoisotopic (exact) mass is 714 g/mol. The van der Waals surface area contributed by atoms with Gasteiger partial charge in [-0.3, -0.25) is 14.4 Å². The molecular formula is C32H45F3N6O5S2. The highest BCUT2D eigenvalue weighted by molar-refractivity contribution is 8.00. The lowest BCUT2D eigenvalue weighted by Gasteiger charge is -2.40. The standard InChI is InChI=1S/C32H45F3N6O5S2/c1-48(44,45)40-13-8-28-26(21-40)31(23-4-5-27(32(33,34)35)29(18-23)47-22-30(43)39-9-2-3-10-39)36-41(28)20-25(42)19-37-11-6-24(7-12-37)38-14-16-46-17-15-38/h4-5,18,24-25,42H,2-3,6-17,19-22H2,1H3. The van der Waals surface area contributed by atoms with Crippen LogP contribution in [0.1, 0.15) is 42.5 Å². The van der Waals surface area contributed by atoms with Gasteiger partial charge < -0.3 is 19.6 Å². The number of carbonyl (C=O) groups excluding carboxylic acids is 1. The fourth-order valence-electron chi connectivity index (χ4n) is 7.32. The third kappa shape index (κ3) is 8.38. The molecule has 1 amide bonds. The summed E-state index contributed by atoms with van der Waals surface area (Å²) < 4.78 is 75.8. The molecule has 3 saturated heterocycles. The van der Waals surface area contributed by atoms with Crippen molar-refractivity contribution in [1.29, 1.82) is 0 Å². The highest BCUT2D eigenvalue weighted by atomic mass is 32.2. The largest absolute Gasteiger partial charge is 0.417 e. The van der Waals surface area contributed by atoms with Gasteiger partial charge in [-0.15, -0.1) is 11.8 Å². The number of sulfonamides is 1. The van der Waals surface area contributed by atoms with Gasteiger partial charge in [0.25, 0.3) is 0 Å². The van der Waals surface area contributed by atoms with Crippen LogP contribution in [0.2, 0.25) is 0 Å². The fraction of sp³-hybridized carbons (Fsp3) is 0.688. The molecule has 0 radical (unpaired) electrons. The van der Waals surface area contributed by atoms with Crippen LogP contribution < -0.4 is 0 Å². The number of halogens is 3. The van der Waals surface area contributed by atoms with E-state index in [2.05, 4.69) is 9.80 Å². The van der Waals surface area contributed by atoms with E-state index in [-0.39, 0.29) is 36.2 Å². The molecule has 266 valence electrons. The second-order valence-electron chi connectivity index (χ2n) is 13.2. The van der Waals surface area contributed by atoms with Crippen LogP contribution in [0.4, 0.5) is 13.2 Å². The molecule has 48 heavy (non-hydrogen) atoms. The van der Waals surface area contributed by atoms with Crippen molar-refractivity contribution < 1.29 is 36.2 Å². The summed E-state index contributed by atoms with van der Waals surface area (Å²) in [6.45, 7) is 7.33. The predicted octanol–water partition coefficient (Wildman–Crippen LogP) is 2.76. The second-order valence-corrected chi connectivity index (χ2v) is 16.2. The number of ether oxygens (including phenoxy) is 1. The Morgan fingerprint density at radius 2 is 1.77 bits per heavy atom. The average Bonchev–Trinajstić information content (AvgIpc) is 3.72. The molecule has 0 bridgehead atoms. The number of aliphatic hydroxyl groups is 1. The van der Waals surface area contributed by atoms with Gasteiger partial charge in [0.2, 0.25) is 15.9 Å². The first-order valence-electron chi connectivity index (χ1n) is 16.7. The Balaban J connectivity index is 1.22. The Morgan fingerprint density at radius 3 is 2.44 bits per heavy atom. The topological polar surface area (TPSA) is 111 Å². The van der Waals surface area contributed by atoms with Gasteiger partial charge in [-0.2, -0.15) is 22.6 Å². The van der Waals surface area contributed by atoms with Crippen LogP contribution in [0.3, 0.4) is 0 Å². The summed E-state index contributed by atoms with van der Waals surface area (Å²) in [5.74, 6) is -0.308. The van der Waals surface area contributed by atoms with Crippen molar-refractivity contribution in [3.05, 3.63) is 35.0 Å². The first kappa shape index (κ1) is 35.6. The number of likely N-dealkylation sites (tertiary alicyclic amines) is 2. The number of alkyl halides is 3. The number of piperidine rings is 1. The summed E-state index contributed by atoms with van der Waals surface area (Å²) in [7, 11) is -3.54. The minimum atomic E-state index is -4.62. The molecule has 0 saturated carbocycles. The van der Waals surface area contributed by atoms with Crippen LogP contribution in [0.5, 0.6) is 0 Å². The maximum atomic E-state index is 14.1. The molecule has 1 unspecified atom stereocenters. The van der Waals surface area contributed by atoms with Crippen LogP contribution in [-0.2, 0) is 45.2 Å². The van der Waals surface area contributed by atoms with E-state index < -0.39 is 27.9 Å². The zero-order chi connectivity index (χ0) is 34.1. The lowest BCUT2D eigenvalue weighted by molar-refractivity contribution is -0.139. The predicted molar refractivity (Wildman–Crippen MR) is 176 cm³/mol. The van der Waals surface area contributed by atoms with Gasteiger partial charge in [-0.25, -0.2) is 8.42 Å². The number of morpholine rings is 1. The molecule has 3 fully saturated rings. The van der Waals surface area contributed by atoms with E-state index in [4.69, 9.17) is 9.84 Å². The molecule has 0 aliphatic carbocycles. The van der Waals surface area contributed by atoms with E-state index in [1.54, 1.807) is 9.58 Å². The number of nitrogens with zero attached hydrogens (tertiary/aromatic N) is 6. The number of rotatable bonds is 10. The number of benzene rings is 1. The van der Waals surface area contributed by atoms with Crippen LogP contribution in [0.15, 0.2) is 23.1 Å². The van der Waals surface area contributed by atoms with Crippen molar-refractivity contribution in [3.63, 3.8) is 0 Å². The van der Waals surface area contributed by atoms with Crippen molar-refractivity contribution in [2.75, 3.05) is 77.6 Å². The van der Waals surface area contributed by atoms with Crippen molar-refractivity contribution in [2.24, 2.45) is 0 Å². The van der Waals surface area contributed by atoms with Gasteiger partial charge >= 0.3 is 6.18 Å². The summed E-state index contributed by atoms with van der Waals surface area (Å²) in [5.41, 5.74) is 1.36. The Morgan fingerprint density at radius 1 is 1.06 bits per heavy atom. The van der Waals surface area contributed by atoms with Crippen molar-refractivity contribution in [1.82, 2.24) is 28.8 Å². The van der Waals surface area contributed by atoms with E-state index >= 15 is 0 Å². The van der Waals surface area contributed by atoms with Crippen molar-refractivity contribution in [3.8, 4) is 11.3 Å². The summed E-state index contributed by atoms with van der Waals surface area (Å²) in [5, 5.41) is 16.0. The highest BCUT2D eigenvalue weighted by Crippen LogP contribution is 2.40. The summed E-state index contributed by atoms with van der Waals surface area (Å²) in [4.78, 5) is 19.1. The quantitative estimate of drug-likeness (QED) is 0.372. The Hall–Kier alpha value is -2.21. The Bertz CT molecular complexity index is 1550. The number of aliphatic hydroxyl groups excluding tert-OH is 1. The molecule has 1 atom stereocenters. The van der Waals surface area contributed by atoms with Crippen molar-refractivity contribution in [2.45, 2.75) is 68.4 Å². The van der Waals surface area contributed by atoms with Crippen LogP contribution in [0, 0.1) is 0 Å². The number of amides is 1. The van der Waals surface area contributed by atoms with Crippen molar-refractivity contribution >= 4 is 27.7 Å². The van der Waals surface area contributed by atoms with Crippen LogP contribution in [-0.4, -0.2) is 138 Å². The Kier molecular flexibility index (Phi) is 11.1. The van der Waals surface area contributed by atoms with Gasteiger partial charge in [0.05, 0.1) is 49.1 Å². The fourth-order valence-corrected chi connectivity index (χ4v) is 9.12. The van der Waals surface area contributed by atoms with Gasteiger partial charge in [0.1, 0.15) is 0 Å². The first-order chi connectivity index (χ1) is 22.9. The van der Waals surface area contributed by atoms with Gasteiger partial charge in [0.15, 0.2) is 0 Å². The molecule has 5 heterocycles. The molecule has 1 N–H and O–H groups in total. The number of β-amino-alcohol motifs (C(OH)–C–C–N with tert-alkyl or cyclic N) is 1. The highest BCUT2D eigenvalue weighted by Gasteiger charge is 2.36. The lowest BCUT2D eigenvalue weighted by Crippen LogP contribution is -2.50. The molecule has 4 aliphatic rings. The molecule has 1 aromatic heterocycles. The minimum absolute atomic E-state index is 0.0333. The number of hydrogen-bond acceptors (Lipinski definition) is 9. The molecule has 4 aliphatic heterocycles. The number of aromatic nitrogens is 2. The van der Waals surface area contributed by atoms with E-state index in [0.29, 0.717) is 48.9 Å². The maximum Gasteiger partial charge on any atom is 0.417 e. The number of thioether (sulfide) groups is 1. The number of hydrogen-bond donors (Lipinski definition) is 1. The number of carbonyl (C=O) groups is 1. The van der Waals surface area contributed by atoms with Gasteiger partial charge in [0, 0.05) is 80.0 Å². The molecule has 2 aromatic rings. The second kappa shape index (κ2) is 15.0. The van der Waals surface area contributed by atoms with E-state index in [1.165, 1.54) is 16.4 Å². The van der Waals surface area contributed by atoms with Gasteiger partial charge in [-0.1, -0.05) is 6.07 Å². The minimum Gasteiger partial charge on any atom is -0.390 e. The molecular weight excluding hydrogens is 670 g/mol. The van der Waals surface area contributed by atoms with E-state index in [0.717, 1.165) is 94.9 Å². The zero-order valence-corrected chi connectivity index (χ0v) is 29.0. The normalized spacial score (nSPS) is 21.5. The van der Waals surface area contributed by atoms with Crippen LogP contribution in [0.25, 0.3) is 11.3 Å². The summed E-state index contributed by atoms with van der Waals surface area (Å²) in [6, 6.07) is 4.30. The summed E-state index contributed by atoms with van der Waals surface area (Å²) in [6.07, 6.45) is -0.0480. The van der Waals surface area contributed by atoms with E-state index in [9.17, 15) is 31.5 Å². The smallest absolute Gasteiger partial charge is 0.390 e. The lowest BCUT2D eigenvalue weighted by atomic mass is 10.0. The number of fused-ring (bicyclic) bond motifs is 1. The molecule has 6 rings (SSSR count). The average molecular weight is 715 g/mol. The maximum absolute atomic E-state index is 14.1. The summed E-state index contributed by atoms with van der Waals surface area (Å²) >= 11 is 0.859.